The van der Waals surface area contributed by atoms with Crippen LogP contribution in [0.3, 0.4) is 0 Å². The van der Waals surface area contributed by atoms with Crippen LogP contribution in [-0.4, -0.2) is 34.6 Å². The smallest absolute Gasteiger partial charge is 0.225 e. The van der Waals surface area contributed by atoms with E-state index >= 15 is 0 Å². The Morgan fingerprint density at radius 1 is 1.40 bits per heavy atom. The maximum atomic E-state index is 12.0. The molecule has 0 aromatic rings. The van der Waals surface area contributed by atoms with Gasteiger partial charge >= 0.3 is 0 Å². The summed E-state index contributed by atoms with van der Waals surface area (Å²) >= 11 is 0. The van der Waals surface area contributed by atoms with Crippen LogP contribution >= 0.6 is 0 Å². The van der Waals surface area contributed by atoms with E-state index in [9.17, 15) is 9.90 Å². The van der Waals surface area contributed by atoms with Crippen LogP contribution in [0.5, 0.6) is 0 Å². The van der Waals surface area contributed by atoms with Gasteiger partial charge < -0.3 is 10.0 Å². The predicted octanol–water partition coefficient (Wildman–Crippen LogP) is 1.65. The van der Waals surface area contributed by atoms with Gasteiger partial charge in [-0.25, -0.2) is 0 Å². The Hall–Kier alpha value is -0.570. The lowest BCUT2D eigenvalue weighted by molar-refractivity contribution is -0.137. The third kappa shape index (κ3) is 2.71. The van der Waals surface area contributed by atoms with Crippen LogP contribution in [0.25, 0.3) is 0 Å². The molecule has 1 N–H and O–H groups in total. The van der Waals surface area contributed by atoms with Crippen molar-refractivity contribution < 1.29 is 9.90 Å². The molecule has 1 heterocycles. The Labute approximate surface area is 92.5 Å². The molecule has 1 rings (SSSR count). The van der Waals surface area contributed by atoms with Crippen LogP contribution < -0.4 is 0 Å². The van der Waals surface area contributed by atoms with Crippen molar-refractivity contribution in [2.45, 2.75) is 53.2 Å². The number of amides is 1. The molecule has 88 valence electrons. The molecule has 15 heavy (non-hydrogen) atoms. The molecule has 0 aromatic carbocycles. The molecule has 3 heteroatoms. The van der Waals surface area contributed by atoms with Crippen molar-refractivity contribution in [1.29, 1.82) is 0 Å². The number of hydrogen-bond donors (Lipinski definition) is 1. The van der Waals surface area contributed by atoms with Gasteiger partial charge in [-0.1, -0.05) is 34.6 Å². The summed E-state index contributed by atoms with van der Waals surface area (Å²) in [5.41, 5.74) is 0.0437. The monoisotopic (exact) mass is 213 g/mol. The normalized spacial score (nSPS) is 27.5. The highest BCUT2D eigenvalue weighted by atomic mass is 16.3. The van der Waals surface area contributed by atoms with E-state index in [1.165, 1.54) is 0 Å². The topological polar surface area (TPSA) is 40.5 Å². The van der Waals surface area contributed by atoms with Crippen molar-refractivity contribution in [3.8, 4) is 0 Å². The number of nitrogens with zero attached hydrogens (tertiary/aromatic N) is 1. The number of hydrogen-bond acceptors (Lipinski definition) is 2. The summed E-state index contributed by atoms with van der Waals surface area (Å²) in [5.74, 6) is 0.173. The average Bonchev–Trinajstić information content (AvgIpc) is 2.44. The number of aliphatic hydroxyl groups is 1. The van der Waals surface area contributed by atoms with Crippen LogP contribution in [0.15, 0.2) is 0 Å². The summed E-state index contributed by atoms with van der Waals surface area (Å²) in [7, 11) is 0. The van der Waals surface area contributed by atoms with Crippen molar-refractivity contribution in [2.24, 2.45) is 11.3 Å². The van der Waals surface area contributed by atoms with Crippen LogP contribution in [-0.2, 0) is 4.79 Å². The van der Waals surface area contributed by atoms with Gasteiger partial charge in [-0.05, 0) is 11.8 Å². The third-order valence-electron chi connectivity index (χ3n) is 3.06. The van der Waals surface area contributed by atoms with Crippen LogP contribution in [0.4, 0.5) is 0 Å². The quantitative estimate of drug-likeness (QED) is 0.719. The fraction of sp³-hybridized carbons (Fsp3) is 0.917. The van der Waals surface area contributed by atoms with Crippen molar-refractivity contribution >= 4 is 5.91 Å². The maximum absolute atomic E-state index is 12.0. The standard InChI is InChI=1S/C12H23NO2/c1-8(2)11(15)13-7-9(14)6-10(13)12(3,4)5/h8-10,14H,6-7H2,1-5H3. The van der Waals surface area contributed by atoms with Crippen LogP contribution in [0.2, 0.25) is 0 Å². The number of β-amino-alcohol motifs (C(OH)–C–C–N with tert-alkyl or cyclic N) is 1. The lowest BCUT2D eigenvalue weighted by Crippen LogP contribution is -2.44. The fourth-order valence-corrected chi connectivity index (χ4v) is 2.21. The molecule has 0 bridgehead atoms. The summed E-state index contributed by atoms with van der Waals surface area (Å²) in [6.45, 7) is 10.7. The predicted molar refractivity (Wildman–Crippen MR) is 60.4 cm³/mol. The third-order valence-corrected chi connectivity index (χ3v) is 3.06. The van der Waals surface area contributed by atoms with Crippen LogP contribution in [0.1, 0.15) is 41.0 Å². The number of aliphatic hydroxyl groups excluding tert-OH is 1. The summed E-state index contributed by atoms with van der Waals surface area (Å²) in [6, 6.07) is 0.169. The molecule has 1 fully saturated rings. The summed E-state index contributed by atoms with van der Waals surface area (Å²) in [6.07, 6.45) is 0.360. The van der Waals surface area contributed by atoms with E-state index in [-0.39, 0.29) is 29.4 Å². The SMILES string of the molecule is CC(C)C(=O)N1CC(O)CC1C(C)(C)C. The molecule has 0 saturated carbocycles. The zero-order chi connectivity index (χ0) is 11.8. The van der Waals surface area contributed by atoms with Crippen molar-refractivity contribution in [3.63, 3.8) is 0 Å². The van der Waals surface area contributed by atoms with Gasteiger partial charge in [-0.15, -0.1) is 0 Å². The van der Waals surface area contributed by atoms with Gasteiger partial charge in [0.05, 0.1) is 6.10 Å². The van der Waals surface area contributed by atoms with Crippen LogP contribution in [0, 0.1) is 11.3 Å². The Bertz CT molecular complexity index is 242. The van der Waals surface area contributed by atoms with E-state index < -0.39 is 0 Å². The Balaban J connectivity index is 2.82. The van der Waals surface area contributed by atoms with Gasteiger partial charge in [0.15, 0.2) is 0 Å². The van der Waals surface area contributed by atoms with Gasteiger partial charge in [-0.2, -0.15) is 0 Å². The zero-order valence-electron chi connectivity index (χ0n) is 10.4. The summed E-state index contributed by atoms with van der Waals surface area (Å²) < 4.78 is 0. The second-order valence-electron chi connectivity index (χ2n) is 5.92. The van der Waals surface area contributed by atoms with Crippen molar-refractivity contribution in [3.05, 3.63) is 0 Å². The van der Waals surface area contributed by atoms with Gasteiger partial charge in [0, 0.05) is 18.5 Å². The van der Waals surface area contributed by atoms with Gasteiger partial charge in [0.25, 0.3) is 0 Å². The molecule has 3 nitrogen and oxygen atoms in total. The van der Waals surface area contributed by atoms with E-state index in [2.05, 4.69) is 20.8 Å². The first kappa shape index (κ1) is 12.5. The number of carbonyl (C=O) groups excluding carboxylic acids is 1. The van der Waals surface area contributed by atoms with Crippen molar-refractivity contribution in [1.82, 2.24) is 4.90 Å². The Kier molecular flexibility index (Phi) is 3.44. The molecule has 1 amide bonds. The molecule has 1 aliphatic heterocycles. The zero-order valence-corrected chi connectivity index (χ0v) is 10.4. The lowest BCUT2D eigenvalue weighted by atomic mass is 9.84. The summed E-state index contributed by atoms with van der Waals surface area (Å²) in [4.78, 5) is 13.8. The van der Waals surface area contributed by atoms with E-state index in [1.807, 2.05) is 18.7 Å². The maximum Gasteiger partial charge on any atom is 0.225 e. The number of carbonyl (C=O) groups is 1. The molecule has 0 radical (unpaired) electrons. The fourth-order valence-electron chi connectivity index (χ4n) is 2.21. The first-order chi connectivity index (χ1) is 6.73. The van der Waals surface area contributed by atoms with E-state index in [0.717, 1.165) is 0 Å². The average molecular weight is 213 g/mol. The molecule has 2 atom stereocenters. The Morgan fingerprint density at radius 2 is 1.93 bits per heavy atom. The largest absolute Gasteiger partial charge is 0.391 e. The van der Waals surface area contributed by atoms with E-state index in [4.69, 9.17) is 0 Å². The molecular weight excluding hydrogens is 190 g/mol. The van der Waals surface area contributed by atoms with Gasteiger partial charge in [-0.3, -0.25) is 4.79 Å². The molecule has 1 saturated heterocycles. The highest BCUT2D eigenvalue weighted by molar-refractivity contribution is 5.78. The lowest BCUT2D eigenvalue weighted by Gasteiger charge is -2.35. The Morgan fingerprint density at radius 3 is 2.33 bits per heavy atom. The second kappa shape index (κ2) is 4.12. The molecule has 0 spiro atoms. The molecule has 0 aliphatic carbocycles. The first-order valence-corrected chi connectivity index (χ1v) is 5.72. The number of likely N-dealkylation sites (tertiary alicyclic amines) is 1. The van der Waals surface area contributed by atoms with E-state index in [1.54, 1.807) is 0 Å². The minimum absolute atomic E-state index is 0.0140. The van der Waals surface area contributed by atoms with Gasteiger partial charge in [0.2, 0.25) is 5.91 Å². The summed E-state index contributed by atoms with van der Waals surface area (Å²) in [5, 5.41) is 9.67. The molecule has 0 aromatic heterocycles. The second-order valence-corrected chi connectivity index (χ2v) is 5.92. The minimum atomic E-state index is -0.350. The highest BCUT2D eigenvalue weighted by Gasteiger charge is 2.41. The molecule has 2 unspecified atom stereocenters. The minimum Gasteiger partial charge on any atom is -0.391 e. The highest BCUT2D eigenvalue weighted by Crippen LogP contribution is 2.33. The van der Waals surface area contributed by atoms with E-state index in [0.29, 0.717) is 13.0 Å². The van der Waals surface area contributed by atoms with Gasteiger partial charge in [0.1, 0.15) is 0 Å². The van der Waals surface area contributed by atoms with Crippen molar-refractivity contribution in [2.75, 3.05) is 6.54 Å². The molecular formula is C12H23NO2. The first-order valence-electron chi connectivity index (χ1n) is 5.72. The number of rotatable bonds is 1. The molecule has 1 aliphatic rings.